The van der Waals surface area contributed by atoms with Gasteiger partial charge >= 0.3 is 120 Å². The number of nitrogens with one attached hydrogen (secondary N) is 1. The summed E-state index contributed by atoms with van der Waals surface area (Å²) in [6.45, 7) is 1.51. The summed E-state index contributed by atoms with van der Waals surface area (Å²) in [6.07, 6.45) is 3.88. The molecular weight excluding hydrogens is 305 g/mol. The molecule has 1 fully saturated rings. The van der Waals surface area contributed by atoms with Gasteiger partial charge < -0.3 is 0 Å². The normalized spacial score (nSPS) is 19.2. The van der Waals surface area contributed by atoms with Crippen molar-refractivity contribution in [2.24, 2.45) is 0 Å². The number of amides is 1. The molecule has 0 aliphatic heterocycles. The average Bonchev–Trinajstić information content (AvgIpc) is 2.37. The predicted octanol–water partition coefficient (Wildman–Crippen LogP) is 2.78. The van der Waals surface area contributed by atoms with Crippen molar-refractivity contribution in [1.29, 1.82) is 0 Å². The van der Waals surface area contributed by atoms with E-state index in [1.807, 2.05) is 12.1 Å². The second-order valence-electron chi connectivity index (χ2n) is 4.95. The van der Waals surface area contributed by atoms with Crippen molar-refractivity contribution < 1.29 is 9.59 Å². The molecule has 0 spiro atoms. The van der Waals surface area contributed by atoms with Gasteiger partial charge in [0.05, 0.1) is 0 Å². The van der Waals surface area contributed by atoms with E-state index in [9.17, 15) is 9.59 Å². The van der Waals surface area contributed by atoms with Crippen molar-refractivity contribution >= 4 is 32.3 Å². The van der Waals surface area contributed by atoms with Crippen LogP contribution in [0.5, 0.6) is 0 Å². The third-order valence-corrected chi connectivity index (χ3v) is 6.08. The van der Waals surface area contributed by atoms with Gasteiger partial charge in [-0.3, -0.25) is 0 Å². The fourth-order valence-corrected chi connectivity index (χ4v) is 4.87. The van der Waals surface area contributed by atoms with E-state index in [1.54, 1.807) is 0 Å². The Hall–Kier alpha value is -1.12. The molecule has 0 saturated heterocycles. The monoisotopic (exact) mass is 325 g/mol. The molecule has 1 amide bonds. The Bertz CT molecular complexity index is 456. The van der Waals surface area contributed by atoms with Gasteiger partial charge in [-0.1, -0.05) is 0 Å². The number of hydrogen-bond donors (Lipinski definition) is 1. The van der Waals surface area contributed by atoms with Crippen LogP contribution in [0, 0.1) is 0 Å². The summed E-state index contributed by atoms with van der Waals surface area (Å²) < 4.78 is 0. The molecule has 0 heterocycles. The quantitative estimate of drug-likeness (QED) is 0.866. The third kappa shape index (κ3) is 4.81. The molecule has 3 nitrogen and oxygen atoms in total. The zero-order valence-electron chi connectivity index (χ0n) is 11.1. The van der Waals surface area contributed by atoms with E-state index in [0.717, 1.165) is 30.3 Å². The maximum atomic E-state index is 11.4. The number of benzene rings is 1. The molecule has 4 heteroatoms. The Labute approximate surface area is 120 Å². The van der Waals surface area contributed by atoms with Gasteiger partial charge in [0.2, 0.25) is 0 Å². The van der Waals surface area contributed by atoms with E-state index >= 15 is 0 Å². The van der Waals surface area contributed by atoms with Gasteiger partial charge in [0.15, 0.2) is 0 Å². The first-order valence-electron chi connectivity index (χ1n) is 6.63. The van der Waals surface area contributed by atoms with Gasteiger partial charge in [0, 0.05) is 0 Å². The first-order valence-corrected chi connectivity index (χ1v) is 8.83. The summed E-state index contributed by atoms with van der Waals surface area (Å²) in [4.78, 5) is 23.0. The van der Waals surface area contributed by atoms with Gasteiger partial charge in [-0.25, -0.2) is 0 Å². The number of hydrogen-bond acceptors (Lipinski definition) is 2. The van der Waals surface area contributed by atoms with Crippen LogP contribution < -0.4 is 5.32 Å². The molecule has 1 saturated carbocycles. The second-order valence-corrected chi connectivity index (χ2v) is 7.65. The fraction of sp³-hybridized carbons (Fsp3) is 0.467. The maximum absolute atomic E-state index is 11.4. The van der Waals surface area contributed by atoms with E-state index < -0.39 is 0 Å². The van der Waals surface area contributed by atoms with Gasteiger partial charge in [0.25, 0.3) is 0 Å². The molecular formula is C15H19NO2Se. The van der Waals surface area contributed by atoms with Crippen molar-refractivity contribution in [3.63, 3.8) is 0 Å². The molecule has 0 aromatic heterocycles. The van der Waals surface area contributed by atoms with Crippen LogP contribution in [-0.2, 0) is 14.9 Å². The summed E-state index contributed by atoms with van der Waals surface area (Å²) in [5.74, 6) is 0.400. The summed E-state index contributed by atoms with van der Waals surface area (Å²) in [5, 5.41) is 3.84. The molecule has 1 N–H and O–H groups in total. The number of Topliss-reactive ketones (excluding diaryl/α,β-unsaturated/α-hetero) is 1. The Morgan fingerprint density at radius 2 is 2.11 bits per heavy atom. The van der Waals surface area contributed by atoms with Crippen molar-refractivity contribution in [3.8, 4) is 0 Å². The molecule has 1 aliphatic carbocycles. The first-order chi connectivity index (χ1) is 9.13. The van der Waals surface area contributed by atoms with Gasteiger partial charge in [0.1, 0.15) is 0 Å². The van der Waals surface area contributed by atoms with Crippen molar-refractivity contribution in [3.05, 3.63) is 29.8 Å². The molecule has 2 rings (SSSR count). The van der Waals surface area contributed by atoms with Gasteiger partial charge in [-0.05, 0) is 0 Å². The predicted molar refractivity (Wildman–Crippen MR) is 77.4 cm³/mol. The number of ketones is 1. The van der Waals surface area contributed by atoms with Crippen LogP contribution in [0.1, 0.15) is 38.2 Å². The van der Waals surface area contributed by atoms with Crippen LogP contribution in [0.4, 0.5) is 5.69 Å². The van der Waals surface area contributed by atoms with Crippen molar-refractivity contribution in [1.82, 2.24) is 0 Å². The summed E-state index contributed by atoms with van der Waals surface area (Å²) >= 11 is 0.506. The van der Waals surface area contributed by atoms with Crippen molar-refractivity contribution in [2.75, 3.05) is 5.32 Å². The standard InChI is InChI=1S/C15H19NO2Se/c1-11(17)16-13-7-5-12(6-8-13)10-19-15-4-2-3-14(18)9-15/h5-8,15H,2-4,9-10H2,1H3,(H,16,17). The number of carbonyl (C=O) groups excluding carboxylic acids is 2. The Morgan fingerprint density at radius 1 is 1.37 bits per heavy atom. The Balaban J connectivity index is 1.82. The average molecular weight is 324 g/mol. The van der Waals surface area contributed by atoms with E-state index in [0.29, 0.717) is 25.6 Å². The fourth-order valence-electron chi connectivity index (χ4n) is 2.23. The molecule has 1 unspecified atom stereocenters. The van der Waals surface area contributed by atoms with E-state index in [-0.39, 0.29) is 5.91 Å². The molecule has 1 aromatic carbocycles. The Kier molecular flexibility index (Phi) is 5.17. The summed E-state index contributed by atoms with van der Waals surface area (Å²) in [7, 11) is 0. The topological polar surface area (TPSA) is 46.2 Å². The van der Waals surface area contributed by atoms with Gasteiger partial charge in [-0.15, -0.1) is 0 Å². The second kappa shape index (κ2) is 6.88. The zero-order valence-corrected chi connectivity index (χ0v) is 12.9. The van der Waals surface area contributed by atoms with Crippen LogP contribution in [0.3, 0.4) is 0 Å². The van der Waals surface area contributed by atoms with Crippen LogP contribution >= 0.6 is 0 Å². The molecule has 1 aliphatic rings. The van der Waals surface area contributed by atoms with Crippen LogP contribution in [0.25, 0.3) is 0 Å². The molecule has 0 bridgehead atoms. The van der Waals surface area contributed by atoms with E-state index in [2.05, 4.69) is 17.4 Å². The van der Waals surface area contributed by atoms with Crippen LogP contribution in [0.15, 0.2) is 24.3 Å². The summed E-state index contributed by atoms with van der Waals surface area (Å²) in [6, 6.07) is 8.02. The van der Waals surface area contributed by atoms with E-state index in [4.69, 9.17) is 0 Å². The SMILES string of the molecule is CC(=O)Nc1ccc(C[Se]C2CCCC(=O)C2)cc1. The van der Waals surface area contributed by atoms with Crippen LogP contribution in [0.2, 0.25) is 4.82 Å². The third-order valence-electron chi connectivity index (χ3n) is 3.20. The van der Waals surface area contributed by atoms with Gasteiger partial charge in [-0.2, -0.15) is 0 Å². The molecule has 1 aromatic rings. The molecule has 1 atom stereocenters. The van der Waals surface area contributed by atoms with E-state index in [1.165, 1.54) is 18.9 Å². The first kappa shape index (κ1) is 14.3. The number of rotatable bonds is 4. The number of carbonyl (C=O) groups is 2. The number of anilines is 1. The minimum absolute atomic E-state index is 0.0438. The summed E-state index contributed by atoms with van der Waals surface area (Å²) in [5.41, 5.74) is 2.14. The zero-order chi connectivity index (χ0) is 13.7. The van der Waals surface area contributed by atoms with Crippen molar-refractivity contribution in [2.45, 2.75) is 42.7 Å². The Morgan fingerprint density at radius 3 is 2.74 bits per heavy atom. The molecule has 19 heavy (non-hydrogen) atoms. The minimum atomic E-state index is -0.0438. The molecule has 0 radical (unpaired) electrons. The molecule has 102 valence electrons. The van der Waals surface area contributed by atoms with Crippen LogP contribution in [-0.4, -0.2) is 26.6 Å².